The molecule has 0 heterocycles. The largest absolute Gasteiger partial charge is 0.508 e. The van der Waals surface area contributed by atoms with E-state index in [1.165, 1.54) is 0 Å². The maximum atomic E-state index is 9.21. The van der Waals surface area contributed by atoms with Crippen LogP contribution in [0.25, 0.3) is 0 Å². The van der Waals surface area contributed by atoms with E-state index in [4.69, 9.17) is 10.00 Å². The van der Waals surface area contributed by atoms with E-state index in [1.807, 2.05) is 24.3 Å². The maximum absolute atomic E-state index is 9.21. The van der Waals surface area contributed by atoms with Crippen molar-refractivity contribution < 1.29 is 9.84 Å². The standard InChI is InChI=1S/C16H16N2O2/c1-20-16-8-13(2-5-14(16)9-17)11-18-10-12-3-6-15(19)7-4-12/h2-8,18-19H,10-11H2,1H3. The second-order valence-corrected chi connectivity index (χ2v) is 4.42. The molecule has 2 N–H and O–H groups in total. The van der Waals surface area contributed by atoms with Crippen LogP contribution in [0.4, 0.5) is 0 Å². The van der Waals surface area contributed by atoms with Gasteiger partial charge in [-0.15, -0.1) is 0 Å². The first-order valence-corrected chi connectivity index (χ1v) is 6.28. The summed E-state index contributed by atoms with van der Waals surface area (Å²) in [4.78, 5) is 0. The molecule has 0 fully saturated rings. The molecular formula is C16H16N2O2. The summed E-state index contributed by atoms with van der Waals surface area (Å²) < 4.78 is 5.18. The van der Waals surface area contributed by atoms with Gasteiger partial charge in [-0.25, -0.2) is 0 Å². The van der Waals surface area contributed by atoms with Gasteiger partial charge in [0.25, 0.3) is 0 Å². The zero-order chi connectivity index (χ0) is 14.4. The number of phenols is 1. The quantitative estimate of drug-likeness (QED) is 0.874. The average Bonchev–Trinajstić information content (AvgIpc) is 2.49. The number of nitriles is 1. The second-order valence-electron chi connectivity index (χ2n) is 4.42. The minimum Gasteiger partial charge on any atom is -0.508 e. The molecule has 0 unspecified atom stereocenters. The van der Waals surface area contributed by atoms with Crippen LogP contribution < -0.4 is 10.1 Å². The first-order valence-electron chi connectivity index (χ1n) is 6.28. The van der Waals surface area contributed by atoms with Crippen molar-refractivity contribution in [1.82, 2.24) is 5.32 Å². The van der Waals surface area contributed by atoms with E-state index in [2.05, 4.69) is 11.4 Å². The number of rotatable bonds is 5. The van der Waals surface area contributed by atoms with Crippen LogP contribution in [0.1, 0.15) is 16.7 Å². The second kappa shape index (κ2) is 6.60. The van der Waals surface area contributed by atoms with Gasteiger partial charge in [-0.1, -0.05) is 18.2 Å². The summed E-state index contributed by atoms with van der Waals surface area (Å²) in [5.41, 5.74) is 2.69. The molecule has 2 aromatic rings. The summed E-state index contributed by atoms with van der Waals surface area (Å²) in [5, 5.41) is 21.4. The Morgan fingerprint density at radius 2 is 1.75 bits per heavy atom. The number of methoxy groups -OCH3 is 1. The highest BCUT2D eigenvalue weighted by atomic mass is 16.5. The molecule has 0 atom stereocenters. The van der Waals surface area contributed by atoms with Gasteiger partial charge < -0.3 is 15.2 Å². The predicted octanol–water partition coefficient (Wildman–Crippen LogP) is 2.56. The third-order valence-corrected chi connectivity index (χ3v) is 2.98. The summed E-state index contributed by atoms with van der Waals surface area (Å²) in [6.07, 6.45) is 0. The fourth-order valence-corrected chi connectivity index (χ4v) is 1.90. The van der Waals surface area contributed by atoms with Crippen LogP contribution in [0, 0.1) is 11.3 Å². The Bertz CT molecular complexity index is 615. The molecular weight excluding hydrogens is 252 g/mol. The minimum absolute atomic E-state index is 0.269. The number of aromatic hydroxyl groups is 1. The van der Waals surface area contributed by atoms with Gasteiger partial charge in [0.2, 0.25) is 0 Å². The number of nitrogens with zero attached hydrogens (tertiary/aromatic N) is 1. The predicted molar refractivity (Wildman–Crippen MR) is 76.4 cm³/mol. The summed E-state index contributed by atoms with van der Waals surface area (Å²) >= 11 is 0. The highest BCUT2D eigenvalue weighted by molar-refractivity contribution is 5.45. The van der Waals surface area contributed by atoms with Crippen molar-refractivity contribution in [2.24, 2.45) is 0 Å². The van der Waals surface area contributed by atoms with E-state index >= 15 is 0 Å². The van der Waals surface area contributed by atoms with E-state index < -0.39 is 0 Å². The summed E-state index contributed by atoms with van der Waals surface area (Å²) in [7, 11) is 1.56. The Hall–Kier alpha value is -2.51. The maximum Gasteiger partial charge on any atom is 0.136 e. The third kappa shape index (κ3) is 3.50. The lowest BCUT2D eigenvalue weighted by molar-refractivity contribution is 0.412. The van der Waals surface area contributed by atoms with Gasteiger partial charge in [-0.05, 0) is 35.4 Å². The monoisotopic (exact) mass is 268 g/mol. The number of hydrogen-bond donors (Lipinski definition) is 2. The number of nitrogens with one attached hydrogen (secondary N) is 1. The SMILES string of the molecule is COc1cc(CNCc2ccc(O)cc2)ccc1C#N. The first kappa shape index (κ1) is 13.9. The van der Waals surface area contributed by atoms with Crippen molar-refractivity contribution in [2.45, 2.75) is 13.1 Å². The number of ether oxygens (including phenoxy) is 1. The topological polar surface area (TPSA) is 65.3 Å². The molecule has 0 spiro atoms. The number of phenolic OH excluding ortho intramolecular Hbond substituents is 1. The lowest BCUT2D eigenvalue weighted by atomic mass is 10.1. The summed E-state index contributed by atoms with van der Waals surface area (Å²) in [6, 6.07) is 14.7. The van der Waals surface area contributed by atoms with E-state index in [0.717, 1.165) is 11.1 Å². The highest BCUT2D eigenvalue weighted by Gasteiger charge is 2.03. The van der Waals surface area contributed by atoms with Crippen LogP contribution in [0.2, 0.25) is 0 Å². The van der Waals surface area contributed by atoms with Crippen LogP contribution in [-0.2, 0) is 13.1 Å². The summed E-state index contributed by atoms with van der Waals surface area (Å²) in [6.45, 7) is 1.39. The van der Waals surface area contributed by atoms with Gasteiger partial charge in [0.15, 0.2) is 0 Å². The van der Waals surface area contributed by atoms with Crippen LogP contribution in [0.5, 0.6) is 11.5 Å². The Kier molecular flexibility index (Phi) is 4.59. The molecule has 0 aromatic heterocycles. The average molecular weight is 268 g/mol. The van der Waals surface area contributed by atoms with E-state index in [1.54, 1.807) is 25.3 Å². The zero-order valence-corrected chi connectivity index (χ0v) is 11.3. The fourth-order valence-electron chi connectivity index (χ4n) is 1.90. The molecule has 0 aliphatic rings. The van der Waals surface area contributed by atoms with Crippen molar-refractivity contribution in [1.29, 1.82) is 5.26 Å². The zero-order valence-electron chi connectivity index (χ0n) is 11.3. The fraction of sp³-hybridized carbons (Fsp3) is 0.188. The lowest BCUT2D eigenvalue weighted by Gasteiger charge is -2.08. The smallest absolute Gasteiger partial charge is 0.136 e. The molecule has 102 valence electrons. The van der Waals surface area contributed by atoms with E-state index in [-0.39, 0.29) is 5.75 Å². The lowest BCUT2D eigenvalue weighted by Crippen LogP contribution is -2.12. The van der Waals surface area contributed by atoms with Gasteiger partial charge in [0, 0.05) is 13.1 Å². The molecule has 4 nitrogen and oxygen atoms in total. The molecule has 0 aliphatic carbocycles. The van der Waals surface area contributed by atoms with Crippen molar-refractivity contribution in [3.63, 3.8) is 0 Å². The molecule has 0 saturated carbocycles. The van der Waals surface area contributed by atoms with E-state index in [9.17, 15) is 5.11 Å². The summed E-state index contributed by atoms with van der Waals surface area (Å²) in [5.74, 6) is 0.863. The molecule has 2 aromatic carbocycles. The highest BCUT2D eigenvalue weighted by Crippen LogP contribution is 2.19. The molecule has 0 bridgehead atoms. The molecule has 0 amide bonds. The van der Waals surface area contributed by atoms with Crippen LogP contribution in [0.15, 0.2) is 42.5 Å². The Labute approximate surface area is 118 Å². The Morgan fingerprint density at radius 1 is 1.10 bits per heavy atom. The van der Waals surface area contributed by atoms with Gasteiger partial charge in [0.1, 0.15) is 17.6 Å². The van der Waals surface area contributed by atoms with Crippen LogP contribution in [-0.4, -0.2) is 12.2 Å². The normalized spacial score (nSPS) is 10.0. The molecule has 0 saturated heterocycles. The van der Waals surface area contributed by atoms with Crippen molar-refractivity contribution in [3.8, 4) is 17.6 Å². The number of hydrogen-bond acceptors (Lipinski definition) is 4. The van der Waals surface area contributed by atoms with Gasteiger partial charge >= 0.3 is 0 Å². The third-order valence-electron chi connectivity index (χ3n) is 2.98. The van der Waals surface area contributed by atoms with E-state index in [0.29, 0.717) is 24.4 Å². The molecule has 4 heteroatoms. The Morgan fingerprint density at radius 3 is 2.40 bits per heavy atom. The van der Waals surface area contributed by atoms with Gasteiger partial charge in [-0.2, -0.15) is 5.26 Å². The first-order chi connectivity index (χ1) is 9.72. The van der Waals surface area contributed by atoms with Crippen molar-refractivity contribution in [2.75, 3.05) is 7.11 Å². The van der Waals surface area contributed by atoms with Crippen LogP contribution in [0.3, 0.4) is 0 Å². The molecule has 2 rings (SSSR count). The van der Waals surface area contributed by atoms with Crippen molar-refractivity contribution >= 4 is 0 Å². The minimum atomic E-state index is 0.269. The van der Waals surface area contributed by atoms with Crippen LogP contribution >= 0.6 is 0 Å². The molecule has 0 aliphatic heterocycles. The van der Waals surface area contributed by atoms with Gasteiger partial charge in [0.05, 0.1) is 12.7 Å². The van der Waals surface area contributed by atoms with Gasteiger partial charge in [-0.3, -0.25) is 0 Å². The molecule has 0 radical (unpaired) electrons. The number of benzene rings is 2. The molecule has 20 heavy (non-hydrogen) atoms. The Balaban J connectivity index is 1.94. The van der Waals surface area contributed by atoms with Crippen molar-refractivity contribution in [3.05, 3.63) is 59.2 Å².